The van der Waals surface area contributed by atoms with Gasteiger partial charge >= 0.3 is 0 Å². The standard InChI is InChI=1S/C13H16BrN3/c1-2-7-15-8-10-9-16-17-13(10)11-5-3-4-6-12(11)14/h3-6,9,15H,2,7-8H2,1H3,(H,16,17). The molecular weight excluding hydrogens is 278 g/mol. The van der Waals surface area contributed by atoms with Crippen LogP contribution in [0.3, 0.4) is 0 Å². The highest BCUT2D eigenvalue weighted by molar-refractivity contribution is 9.10. The lowest BCUT2D eigenvalue weighted by Gasteiger charge is -2.06. The van der Waals surface area contributed by atoms with Gasteiger partial charge in [-0.1, -0.05) is 41.1 Å². The Bertz CT molecular complexity index is 479. The molecule has 0 spiro atoms. The van der Waals surface area contributed by atoms with Crippen LogP contribution in [0.15, 0.2) is 34.9 Å². The summed E-state index contributed by atoms with van der Waals surface area (Å²) in [4.78, 5) is 0. The van der Waals surface area contributed by atoms with E-state index in [0.29, 0.717) is 0 Å². The van der Waals surface area contributed by atoms with Gasteiger partial charge in [0.15, 0.2) is 0 Å². The summed E-state index contributed by atoms with van der Waals surface area (Å²) >= 11 is 3.57. The highest BCUT2D eigenvalue weighted by Gasteiger charge is 2.09. The number of nitrogens with zero attached hydrogens (tertiary/aromatic N) is 1. The zero-order valence-electron chi connectivity index (χ0n) is 9.83. The van der Waals surface area contributed by atoms with Crippen molar-refractivity contribution in [3.63, 3.8) is 0 Å². The van der Waals surface area contributed by atoms with Crippen molar-refractivity contribution in [3.8, 4) is 11.3 Å². The lowest BCUT2D eigenvalue weighted by Crippen LogP contribution is -2.13. The zero-order chi connectivity index (χ0) is 12.1. The molecule has 0 saturated heterocycles. The maximum atomic E-state index is 4.13. The molecule has 2 rings (SSSR count). The molecule has 0 amide bonds. The summed E-state index contributed by atoms with van der Waals surface area (Å²) in [7, 11) is 0. The topological polar surface area (TPSA) is 40.7 Å². The molecule has 3 nitrogen and oxygen atoms in total. The predicted octanol–water partition coefficient (Wildman–Crippen LogP) is 3.34. The van der Waals surface area contributed by atoms with Crippen LogP contribution in [0.1, 0.15) is 18.9 Å². The largest absolute Gasteiger partial charge is 0.313 e. The van der Waals surface area contributed by atoms with E-state index in [4.69, 9.17) is 0 Å². The highest BCUT2D eigenvalue weighted by Crippen LogP contribution is 2.28. The molecule has 90 valence electrons. The van der Waals surface area contributed by atoms with E-state index in [9.17, 15) is 0 Å². The van der Waals surface area contributed by atoms with E-state index in [-0.39, 0.29) is 0 Å². The fraction of sp³-hybridized carbons (Fsp3) is 0.308. The van der Waals surface area contributed by atoms with Gasteiger partial charge in [-0.2, -0.15) is 5.10 Å². The highest BCUT2D eigenvalue weighted by atomic mass is 79.9. The van der Waals surface area contributed by atoms with Crippen molar-refractivity contribution in [1.82, 2.24) is 15.5 Å². The van der Waals surface area contributed by atoms with E-state index in [1.165, 1.54) is 5.56 Å². The first kappa shape index (κ1) is 12.3. The molecule has 2 N–H and O–H groups in total. The summed E-state index contributed by atoms with van der Waals surface area (Å²) in [6, 6.07) is 8.17. The maximum Gasteiger partial charge on any atom is 0.0706 e. The Balaban J connectivity index is 2.22. The molecule has 0 aliphatic carbocycles. The zero-order valence-corrected chi connectivity index (χ0v) is 11.4. The van der Waals surface area contributed by atoms with Crippen molar-refractivity contribution in [2.45, 2.75) is 19.9 Å². The molecule has 0 bridgehead atoms. The number of hydrogen-bond donors (Lipinski definition) is 2. The van der Waals surface area contributed by atoms with E-state index in [2.05, 4.69) is 44.4 Å². The Morgan fingerprint density at radius 3 is 2.94 bits per heavy atom. The Morgan fingerprint density at radius 1 is 1.35 bits per heavy atom. The number of H-pyrrole nitrogens is 1. The minimum Gasteiger partial charge on any atom is -0.313 e. The predicted molar refractivity (Wildman–Crippen MR) is 73.7 cm³/mol. The molecule has 0 atom stereocenters. The van der Waals surface area contributed by atoms with Gasteiger partial charge in [-0.15, -0.1) is 0 Å². The van der Waals surface area contributed by atoms with E-state index >= 15 is 0 Å². The Morgan fingerprint density at radius 2 is 2.18 bits per heavy atom. The van der Waals surface area contributed by atoms with Crippen LogP contribution in [0.4, 0.5) is 0 Å². The van der Waals surface area contributed by atoms with Crippen molar-refractivity contribution >= 4 is 15.9 Å². The molecule has 0 radical (unpaired) electrons. The second kappa shape index (κ2) is 5.98. The van der Waals surface area contributed by atoms with Gasteiger partial charge < -0.3 is 5.32 Å². The van der Waals surface area contributed by atoms with Crippen LogP contribution in [0.25, 0.3) is 11.3 Å². The minimum absolute atomic E-state index is 0.848. The number of aromatic nitrogens is 2. The Hall–Kier alpha value is -1.13. The number of halogens is 1. The molecule has 1 aromatic carbocycles. The Kier molecular flexibility index (Phi) is 4.34. The quantitative estimate of drug-likeness (QED) is 0.830. The Labute approximate surface area is 110 Å². The number of rotatable bonds is 5. The molecule has 0 fully saturated rings. The molecule has 17 heavy (non-hydrogen) atoms. The maximum absolute atomic E-state index is 4.13. The third-order valence-electron chi connectivity index (χ3n) is 2.60. The van der Waals surface area contributed by atoms with Crippen LogP contribution in [-0.4, -0.2) is 16.7 Å². The van der Waals surface area contributed by atoms with E-state index in [1.54, 1.807) is 0 Å². The van der Waals surface area contributed by atoms with Crippen molar-refractivity contribution in [2.75, 3.05) is 6.54 Å². The van der Waals surface area contributed by atoms with Crippen LogP contribution in [0.2, 0.25) is 0 Å². The molecule has 1 aromatic heterocycles. The fourth-order valence-corrected chi connectivity index (χ4v) is 2.23. The van der Waals surface area contributed by atoms with Gasteiger partial charge in [0, 0.05) is 22.1 Å². The molecule has 0 saturated carbocycles. The van der Waals surface area contributed by atoms with Gasteiger partial charge in [0.2, 0.25) is 0 Å². The average Bonchev–Trinajstić information content (AvgIpc) is 2.78. The average molecular weight is 294 g/mol. The molecule has 1 heterocycles. The first-order chi connectivity index (χ1) is 8.33. The second-order valence-electron chi connectivity index (χ2n) is 3.93. The monoisotopic (exact) mass is 293 g/mol. The molecule has 2 aromatic rings. The van der Waals surface area contributed by atoms with E-state index in [0.717, 1.165) is 35.2 Å². The van der Waals surface area contributed by atoms with E-state index < -0.39 is 0 Å². The molecule has 4 heteroatoms. The van der Waals surface area contributed by atoms with Crippen molar-refractivity contribution in [3.05, 3.63) is 40.5 Å². The normalized spacial score (nSPS) is 10.7. The van der Waals surface area contributed by atoms with Crippen LogP contribution in [0, 0.1) is 0 Å². The number of benzene rings is 1. The van der Waals surface area contributed by atoms with Gasteiger partial charge in [0.1, 0.15) is 0 Å². The third kappa shape index (κ3) is 2.96. The first-order valence-electron chi connectivity index (χ1n) is 5.80. The van der Waals surface area contributed by atoms with Crippen LogP contribution < -0.4 is 5.32 Å². The third-order valence-corrected chi connectivity index (χ3v) is 3.29. The second-order valence-corrected chi connectivity index (χ2v) is 4.78. The van der Waals surface area contributed by atoms with Crippen molar-refractivity contribution in [1.29, 1.82) is 0 Å². The smallest absolute Gasteiger partial charge is 0.0706 e. The molecule has 0 aliphatic heterocycles. The number of hydrogen-bond acceptors (Lipinski definition) is 2. The number of nitrogens with one attached hydrogen (secondary N) is 2. The van der Waals surface area contributed by atoms with Gasteiger partial charge in [-0.25, -0.2) is 0 Å². The fourth-order valence-electron chi connectivity index (χ4n) is 1.74. The van der Waals surface area contributed by atoms with Crippen molar-refractivity contribution < 1.29 is 0 Å². The van der Waals surface area contributed by atoms with Crippen LogP contribution in [-0.2, 0) is 6.54 Å². The lowest BCUT2D eigenvalue weighted by atomic mass is 10.1. The van der Waals surface area contributed by atoms with Gasteiger partial charge in [0.25, 0.3) is 0 Å². The van der Waals surface area contributed by atoms with E-state index in [1.807, 2.05) is 24.4 Å². The van der Waals surface area contributed by atoms with Crippen LogP contribution >= 0.6 is 15.9 Å². The van der Waals surface area contributed by atoms with Gasteiger partial charge in [-0.3, -0.25) is 5.10 Å². The summed E-state index contributed by atoms with van der Waals surface area (Å²) in [5, 5.41) is 10.6. The van der Waals surface area contributed by atoms with Gasteiger partial charge in [0.05, 0.1) is 11.9 Å². The molecule has 0 aliphatic rings. The lowest BCUT2D eigenvalue weighted by molar-refractivity contribution is 0.676. The summed E-state index contributed by atoms with van der Waals surface area (Å²) in [6.45, 7) is 4.04. The van der Waals surface area contributed by atoms with Crippen LogP contribution in [0.5, 0.6) is 0 Å². The summed E-state index contributed by atoms with van der Waals surface area (Å²) < 4.78 is 1.08. The first-order valence-corrected chi connectivity index (χ1v) is 6.60. The van der Waals surface area contributed by atoms with Gasteiger partial charge in [-0.05, 0) is 19.0 Å². The summed E-state index contributed by atoms with van der Waals surface area (Å²) in [5.41, 5.74) is 3.43. The summed E-state index contributed by atoms with van der Waals surface area (Å²) in [5.74, 6) is 0. The van der Waals surface area contributed by atoms with Crippen molar-refractivity contribution in [2.24, 2.45) is 0 Å². The number of aromatic amines is 1. The summed E-state index contributed by atoms with van der Waals surface area (Å²) in [6.07, 6.45) is 3.03. The SMILES string of the molecule is CCCNCc1cn[nH]c1-c1ccccc1Br. The molecule has 0 unspecified atom stereocenters. The minimum atomic E-state index is 0.848. The molecular formula is C13H16BrN3.